The van der Waals surface area contributed by atoms with Crippen molar-refractivity contribution in [2.75, 3.05) is 0 Å². The number of hydrogen-bond acceptors (Lipinski definition) is 3. The predicted molar refractivity (Wildman–Crippen MR) is 82.7 cm³/mol. The smallest absolute Gasteiger partial charge is 0.423 e. The van der Waals surface area contributed by atoms with Crippen LogP contribution in [0.15, 0.2) is 24.3 Å². The SMILES string of the molecule is CCCc1cc(F)c(C(=O)Oc2cc(F)c(C(F)(F)OC(F)(F)F)c(F)c2)c(F)c1. The van der Waals surface area contributed by atoms with Gasteiger partial charge in [0.1, 0.15) is 40.1 Å². The van der Waals surface area contributed by atoms with Crippen molar-refractivity contribution in [3.8, 4) is 5.75 Å². The van der Waals surface area contributed by atoms with Crippen LogP contribution in [0, 0.1) is 23.3 Å². The first-order chi connectivity index (χ1) is 13.7. The van der Waals surface area contributed by atoms with Crippen LogP contribution >= 0.6 is 0 Å². The second-order valence-corrected chi connectivity index (χ2v) is 5.90. The van der Waals surface area contributed by atoms with Crippen molar-refractivity contribution in [1.82, 2.24) is 0 Å². The van der Waals surface area contributed by atoms with Crippen LogP contribution in [0.25, 0.3) is 0 Å². The molecule has 164 valence electrons. The highest BCUT2D eigenvalue weighted by molar-refractivity contribution is 5.91. The highest BCUT2D eigenvalue weighted by Gasteiger charge is 2.49. The van der Waals surface area contributed by atoms with Crippen LogP contribution in [0.3, 0.4) is 0 Å². The second kappa shape index (κ2) is 8.54. The Balaban J connectivity index is 2.34. The molecule has 0 aliphatic heterocycles. The highest BCUT2D eigenvalue weighted by atomic mass is 19.4. The van der Waals surface area contributed by atoms with Gasteiger partial charge in [-0.05, 0) is 24.1 Å². The molecule has 0 spiro atoms. The molecule has 0 bridgehead atoms. The van der Waals surface area contributed by atoms with Gasteiger partial charge in [0, 0.05) is 12.1 Å². The van der Waals surface area contributed by atoms with E-state index in [1.165, 1.54) is 0 Å². The lowest BCUT2D eigenvalue weighted by Crippen LogP contribution is -2.29. The summed E-state index contributed by atoms with van der Waals surface area (Å²) in [5.74, 6) is -10.1. The van der Waals surface area contributed by atoms with Gasteiger partial charge in [-0.15, -0.1) is 13.2 Å². The third-order valence-electron chi connectivity index (χ3n) is 3.61. The summed E-state index contributed by atoms with van der Waals surface area (Å²) in [5, 5.41) is 0. The van der Waals surface area contributed by atoms with E-state index >= 15 is 0 Å². The molecule has 3 nitrogen and oxygen atoms in total. The minimum atomic E-state index is -5.92. The lowest BCUT2D eigenvalue weighted by atomic mass is 10.1. The van der Waals surface area contributed by atoms with E-state index in [4.69, 9.17) is 0 Å². The van der Waals surface area contributed by atoms with Crippen LogP contribution in [0.2, 0.25) is 0 Å². The fraction of sp³-hybridized carbons (Fsp3) is 0.278. The van der Waals surface area contributed by atoms with Crippen LogP contribution < -0.4 is 4.74 Å². The number of halogens is 9. The molecular formula is C18H11F9O3. The molecule has 2 aromatic carbocycles. The molecule has 0 heterocycles. The molecule has 2 rings (SSSR count). The van der Waals surface area contributed by atoms with E-state index in [-0.39, 0.29) is 24.1 Å². The lowest BCUT2D eigenvalue weighted by molar-refractivity contribution is -0.432. The van der Waals surface area contributed by atoms with Gasteiger partial charge in [-0.25, -0.2) is 27.1 Å². The molecule has 0 unspecified atom stereocenters. The summed E-state index contributed by atoms with van der Waals surface area (Å²) in [6.07, 6.45) is -10.5. The molecule has 30 heavy (non-hydrogen) atoms. The first-order valence-corrected chi connectivity index (χ1v) is 8.09. The fourth-order valence-electron chi connectivity index (χ4n) is 2.49. The second-order valence-electron chi connectivity index (χ2n) is 5.90. The molecule has 0 saturated heterocycles. The summed E-state index contributed by atoms with van der Waals surface area (Å²) >= 11 is 0. The van der Waals surface area contributed by atoms with Crippen molar-refractivity contribution in [2.45, 2.75) is 32.2 Å². The molecule has 0 radical (unpaired) electrons. The summed E-state index contributed by atoms with van der Waals surface area (Å²) in [5.41, 5.74) is -3.40. The van der Waals surface area contributed by atoms with Crippen molar-refractivity contribution in [2.24, 2.45) is 0 Å². The van der Waals surface area contributed by atoms with Gasteiger partial charge in [-0.3, -0.25) is 0 Å². The molecule has 0 aliphatic rings. The molecule has 0 amide bonds. The number of carbonyl (C=O) groups excluding carboxylic acids is 1. The van der Waals surface area contributed by atoms with E-state index < -0.39 is 58.6 Å². The number of ether oxygens (including phenoxy) is 2. The Kier molecular flexibility index (Phi) is 6.70. The number of alkyl halides is 5. The van der Waals surface area contributed by atoms with Gasteiger partial charge in [0.05, 0.1) is 0 Å². The Morgan fingerprint density at radius 3 is 1.80 bits per heavy atom. The Hall–Kier alpha value is -2.76. The molecule has 2 aromatic rings. The molecular weight excluding hydrogens is 435 g/mol. The number of rotatable bonds is 6. The Morgan fingerprint density at radius 2 is 1.37 bits per heavy atom. The Labute approximate surface area is 163 Å². The number of benzene rings is 2. The summed E-state index contributed by atoms with van der Waals surface area (Å²) < 4.78 is 125. The molecule has 12 heteroatoms. The maximum Gasteiger partial charge on any atom is 0.527 e. The van der Waals surface area contributed by atoms with Gasteiger partial charge < -0.3 is 4.74 Å². The maximum absolute atomic E-state index is 14.0. The van der Waals surface area contributed by atoms with Gasteiger partial charge in [0.2, 0.25) is 0 Å². The van der Waals surface area contributed by atoms with Crippen molar-refractivity contribution in [3.05, 3.63) is 64.2 Å². The monoisotopic (exact) mass is 446 g/mol. The first kappa shape index (κ1) is 23.5. The highest BCUT2D eigenvalue weighted by Crippen LogP contribution is 2.40. The summed E-state index contributed by atoms with van der Waals surface area (Å²) in [6.45, 7) is 1.73. The summed E-state index contributed by atoms with van der Waals surface area (Å²) in [6, 6.07) is 1.54. The largest absolute Gasteiger partial charge is 0.527 e. The van der Waals surface area contributed by atoms with Crippen molar-refractivity contribution in [3.63, 3.8) is 0 Å². The fourth-order valence-corrected chi connectivity index (χ4v) is 2.49. The molecule has 0 fully saturated rings. The van der Waals surface area contributed by atoms with Gasteiger partial charge in [-0.1, -0.05) is 13.3 Å². The van der Waals surface area contributed by atoms with Gasteiger partial charge in [-0.2, -0.15) is 8.78 Å². The van der Waals surface area contributed by atoms with E-state index in [0.29, 0.717) is 6.42 Å². The first-order valence-electron chi connectivity index (χ1n) is 8.09. The third-order valence-corrected chi connectivity index (χ3v) is 3.61. The lowest BCUT2D eigenvalue weighted by Gasteiger charge is -2.20. The van der Waals surface area contributed by atoms with Gasteiger partial charge >= 0.3 is 18.4 Å². The van der Waals surface area contributed by atoms with Crippen LogP contribution in [-0.2, 0) is 17.3 Å². The maximum atomic E-state index is 14.0. The van der Waals surface area contributed by atoms with Crippen LogP contribution in [0.5, 0.6) is 5.75 Å². The van der Waals surface area contributed by atoms with Crippen molar-refractivity contribution < 1.29 is 53.8 Å². The topological polar surface area (TPSA) is 35.5 Å². The Bertz CT molecular complexity index is 908. The predicted octanol–water partition coefficient (Wildman–Crippen LogP) is 6.00. The molecule has 0 N–H and O–H groups in total. The number of carbonyl (C=O) groups is 1. The summed E-state index contributed by atoms with van der Waals surface area (Å²) in [7, 11) is 0. The molecule has 0 aromatic heterocycles. The zero-order valence-electron chi connectivity index (χ0n) is 14.9. The van der Waals surface area contributed by atoms with E-state index in [1.54, 1.807) is 6.92 Å². The van der Waals surface area contributed by atoms with E-state index in [2.05, 4.69) is 9.47 Å². The summed E-state index contributed by atoms with van der Waals surface area (Å²) in [4.78, 5) is 11.9. The molecule has 0 aliphatic carbocycles. The number of esters is 1. The third kappa shape index (κ3) is 5.43. The van der Waals surface area contributed by atoms with Crippen LogP contribution in [0.1, 0.15) is 34.8 Å². The number of aryl methyl sites for hydroxylation is 1. The molecule has 0 atom stereocenters. The van der Waals surface area contributed by atoms with Gasteiger partial charge in [0.15, 0.2) is 0 Å². The quantitative estimate of drug-likeness (QED) is 0.310. The van der Waals surface area contributed by atoms with Crippen LogP contribution in [0.4, 0.5) is 39.5 Å². The van der Waals surface area contributed by atoms with E-state index in [0.717, 1.165) is 12.1 Å². The molecule has 0 saturated carbocycles. The zero-order chi connectivity index (χ0) is 22.9. The minimum Gasteiger partial charge on any atom is -0.423 e. The van der Waals surface area contributed by atoms with E-state index in [1.807, 2.05) is 0 Å². The average Bonchev–Trinajstić information content (AvgIpc) is 2.50. The van der Waals surface area contributed by atoms with E-state index in [9.17, 15) is 44.3 Å². The van der Waals surface area contributed by atoms with Crippen LogP contribution in [-0.4, -0.2) is 12.3 Å². The average molecular weight is 446 g/mol. The number of hydrogen-bond donors (Lipinski definition) is 0. The minimum absolute atomic E-state index is 0.0643. The zero-order valence-corrected chi connectivity index (χ0v) is 14.9. The van der Waals surface area contributed by atoms with Crippen molar-refractivity contribution in [1.29, 1.82) is 0 Å². The standard InChI is InChI=1S/C18H11F9O3/c1-2-3-8-4-10(19)14(11(20)5-8)16(28)29-9-6-12(21)15(13(22)7-9)17(23,24)30-18(25,26)27/h4-7H,2-3H2,1H3. The normalized spacial score (nSPS) is 12.2. The Morgan fingerprint density at radius 1 is 0.867 bits per heavy atom. The van der Waals surface area contributed by atoms with Crippen molar-refractivity contribution >= 4 is 5.97 Å². The van der Waals surface area contributed by atoms with Gasteiger partial charge in [0.25, 0.3) is 0 Å².